The average Bonchev–Trinajstić information content (AvgIpc) is 3.40. The van der Waals surface area contributed by atoms with Crippen molar-refractivity contribution < 1.29 is 25.7 Å². The Hall–Kier alpha value is -1.94. The second-order valence-corrected chi connectivity index (χ2v) is 9.28. The van der Waals surface area contributed by atoms with Gasteiger partial charge >= 0.3 is 10.2 Å². The summed E-state index contributed by atoms with van der Waals surface area (Å²) in [5, 5.41) is 0. The molecule has 0 aliphatic heterocycles. The largest absolute Gasteiger partial charge is 0.368 e. The summed E-state index contributed by atoms with van der Waals surface area (Å²) in [6.07, 6.45) is 9.53. The molecule has 1 saturated carbocycles. The summed E-state index contributed by atoms with van der Waals surface area (Å²) >= 11 is 0. The number of carbonyl (C=O) groups excluding carboxylic acids is 3. The van der Waals surface area contributed by atoms with Crippen LogP contribution < -0.4 is 10.5 Å². The lowest BCUT2D eigenvalue weighted by Crippen LogP contribution is -2.42. The number of likely N-dealkylation sites (N-methyl/N-ethyl adjacent to an activating group) is 1. The van der Waals surface area contributed by atoms with Gasteiger partial charge in [0.15, 0.2) is 0 Å². The van der Waals surface area contributed by atoms with Gasteiger partial charge in [0.2, 0.25) is 17.7 Å². The molecule has 0 radical (unpaired) electrons. The molecule has 0 unspecified atom stereocenters. The van der Waals surface area contributed by atoms with Gasteiger partial charge in [0, 0.05) is 36.8 Å². The van der Waals surface area contributed by atoms with Crippen LogP contribution in [0.2, 0.25) is 0 Å². The van der Waals surface area contributed by atoms with Gasteiger partial charge in [-0.2, -0.15) is 12.7 Å². The average molecular weight is 437 g/mol. The third-order valence-corrected chi connectivity index (χ3v) is 6.15. The number of carbonyl (C=O) groups is 3. The van der Waals surface area contributed by atoms with Crippen molar-refractivity contribution in [1.82, 2.24) is 13.9 Å². The summed E-state index contributed by atoms with van der Waals surface area (Å²) in [5.41, 5.74) is 4.94. The zero-order chi connectivity index (χ0) is 22.8. The minimum absolute atomic E-state index is 0. The number of amides is 3. The number of nitrogens with zero attached hydrogens (tertiary/aromatic N) is 2. The van der Waals surface area contributed by atoms with Gasteiger partial charge < -0.3 is 10.6 Å². The topological polar surface area (TPSA) is 130 Å². The van der Waals surface area contributed by atoms with E-state index >= 15 is 0 Å². The smallest absolute Gasteiger partial charge is 0.303 e. The van der Waals surface area contributed by atoms with Crippen LogP contribution in [-0.2, 0) is 24.6 Å². The SMILES string of the molecule is CC(=O)N(C)[C@@H](C)C(N)=O.CCCCC/C=C\[C@@H]1C[C@@H]1C(=O)NS(=O)(=O)N(C)C.[HH].[HH]. The number of unbranched alkanes of at least 4 members (excludes halogenated alkanes) is 3. The van der Waals surface area contributed by atoms with Gasteiger partial charge in [-0.05, 0) is 32.1 Å². The summed E-state index contributed by atoms with van der Waals surface area (Å²) in [6, 6.07) is -0.516. The summed E-state index contributed by atoms with van der Waals surface area (Å²) < 4.78 is 26.1. The standard InChI is InChI=1S/C13H24N2O3S.C6H12N2O2.2H2/c1-4-5-6-7-8-9-11-10-12(11)13(16)14-19(17,18)15(2)3;1-4(6(7)10)8(3)5(2)9;;/h8-9,11-12H,4-7,10H2,1-3H3,(H,14,16);4H,1-3H3,(H2,7,10);2*1H/b9-8-;;;/t11-,12+;4-;;/m10../s1. The maximum Gasteiger partial charge on any atom is 0.303 e. The van der Waals surface area contributed by atoms with Gasteiger partial charge in [-0.3, -0.25) is 14.4 Å². The first-order valence-corrected chi connectivity index (χ1v) is 11.2. The van der Waals surface area contributed by atoms with E-state index in [1.54, 1.807) is 6.92 Å². The maximum absolute atomic E-state index is 11.7. The molecule has 1 aliphatic rings. The molecule has 1 fully saturated rings. The summed E-state index contributed by atoms with van der Waals surface area (Å²) in [5.74, 6) is -1.02. The third-order valence-electron chi connectivity index (χ3n) is 4.73. The van der Waals surface area contributed by atoms with E-state index in [0.29, 0.717) is 0 Å². The van der Waals surface area contributed by atoms with Gasteiger partial charge in [-0.25, -0.2) is 4.72 Å². The second-order valence-electron chi connectivity index (χ2n) is 7.39. The van der Waals surface area contributed by atoms with E-state index in [1.165, 1.54) is 52.2 Å². The highest BCUT2D eigenvalue weighted by Gasteiger charge is 2.42. The summed E-state index contributed by atoms with van der Waals surface area (Å²) in [7, 11) is 0.684. The Bertz CT molecular complexity index is 683. The van der Waals surface area contributed by atoms with Crippen LogP contribution in [0.5, 0.6) is 0 Å². The van der Waals surface area contributed by atoms with Crippen LogP contribution in [0, 0.1) is 11.8 Å². The molecule has 1 rings (SSSR count). The lowest BCUT2D eigenvalue weighted by atomic mass is 10.2. The molecule has 0 bridgehead atoms. The van der Waals surface area contributed by atoms with Crippen molar-refractivity contribution in [1.29, 1.82) is 0 Å². The zero-order valence-electron chi connectivity index (χ0n) is 18.3. The highest BCUT2D eigenvalue weighted by atomic mass is 32.2. The van der Waals surface area contributed by atoms with E-state index < -0.39 is 28.1 Å². The molecule has 172 valence electrons. The predicted octanol–water partition coefficient (Wildman–Crippen LogP) is 1.51. The number of nitrogens with two attached hydrogens (primary N) is 1. The van der Waals surface area contributed by atoms with Gasteiger partial charge in [0.25, 0.3) is 0 Å². The first-order chi connectivity index (χ1) is 13.3. The highest BCUT2D eigenvalue weighted by molar-refractivity contribution is 7.87. The Labute approximate surface area is 177 Å². The first kappa shape index (κ1) is 27.1. The van der Waals surface area contributed by atoms with E-state index in [1.807, 2.05) is 6.08 Å². The van der Waals surface area contributed by atoms with E-state index in [4.69, 9.17) is 5.73 Å². The zero-order valence-corrected chi connectivity index (χ0v) is 19.2. The van der Waals surface area contributed by atoms with E-state index in [9.17, 15) is 22.8 Å². The number of rotatable bonds is 10. The quantitative estimate of drug-likeness (QED) is 0.396. The van der Waals surface area contributed by atoms with Crippen LogP contribution in [-0.4, -0.2) is 62.5 Å². The molecule has 0 aromatic carbocycles. The van der Waals surface area contributed by atoms with Crippen LogP contribution in [0.25, 0.3) is 0 Å². The molecule has 0 aromatic rings. The number of hydrogen-bond acceptors (Lipinski definition) is 5. The number of allylic oxidation sites excluding steroid dienone is 2. The van der Waals surface area contributed by atoms with Gasteiger partial charge in [-0.1, -0.05) is 31.9 Å². The number of primary amides is 1. The molecule has 10 heteroatoms. The van der Waals surface area contributed by atoms with Crippen LogP contribution in [0.1, 0.15) is 55.7 Å². The normalized spacial score (nSPS) is 19.3. The first-order valence-electron chi connectivity index (χ1n) is 9.78. The summed E-state index contributed by atoms with van der Waals surface area (Å²) in [6.45, 7) is 5.14. The molecule has 1 aliphatic carbocycles. The number of nitrogens with one attached hydrogen (secondary N) is 1. The Kier molecular flexibility index (Phi) is 11.7. The molecule has 9 nitrogen and oxygen atoms in total. The minimum Gasteiger partial charge on any atom is -0.368 e. The lowest BCUT2D eigenvalue weighted by Gasteiger charge is -2.19. The third kappa shape index (κ3) is 10.4. The lowest BCUT2D eigenvalue weighted by molar-refractivity contribution is -0.135. The Morgan fingerprint density at radius 3 is 2.24 bits per heavy atom. The predicted molar refractivity (Wildman–Crippen MR) is 117 cm³/mol. The molecular weight excluding hydrogens is 396 g/mol. The fourth-order valence-corrected chi connectivity index (χ4v) is 2.86. The van der Waals surface area contributed by atoms with Crippen molar-refractivity contribution in [2.45, 2.75) is 58.9 Å². The van der Waals surface area contributed by atoms with Crippen molar-refractivity contribution in [3.8, 4) is 0 Å². The van der Waals surface area contributed by atoms with Crippen LogP contribution >= 0.6 is 0 Å². The molecule has 3 amide bonds. The fraction of sp³-hybridized carbons (Fsp3) is 0.737. The van der Waals surface area contributed by atoms with Crippen molar-refractivity contribution in [3.05, 3.63) is 12.2 Å². The van der Waals surface area contributed by atoms with Crippen molar-refractivity contribution >= 4 is 27.9 Å². The van der Waals surface area contributed by atoms with Gasteiger partial charge in [0.05, 0.1) is 0 Å². The second kappa shape index (κ2) is 12.6. The molecule has 0 heterocycles. The molecular formula is C19H40N4O5S. The molecule has 0 aromatic heterocycles. The molecule has 3 N–H and O–H groups in total. The fourth-order valence-electron chi connectivity index (χ4n) is 2.27. The molecule has 29 heavy (non-hydrogen) atoms. The molecule has 0 saturated heterocycles. The molecule has 0 spiro atoms. The van der Waals surface area contributed by atoms with Crippen LogP contribution in [0.15, 0.2) is 12.2 Å². The Morgan fingerprint density at radius 2 is 1.83 bits per heavy atom. The molecule has 3 atom stereocenters. The monoisotopic (exact) mass is 436 g/mol. The van der Waals surface area contributed by atoms with E-state index in [2.05, 4.69) is 17.7 Å². The van der Waals surface area contributed by atoms with Gasteiger partial charge in [-0.15, -0.1) is 0 Å². The minimum atomic E-state index is -3.65. The van der Waals surface area contributed by atoms with Crippen molar-refractivity contribution in [2.75, 3.05) is 21.1 Å². The maximum atomic E-state index is 11.7. The summed E-state index contributed by atoms with van der Waals surface area (Å²) in [4.78, 5) is 34.1. The van der Waals surface area contributed by atoms with Crippen LogP contribution in [0.3, 0.4) is 0 Å². The van der Waals surface area contributed by atoms with E-state index in [-0.39, 0.29) is 20.6 Å². The van der Waals surface area contributed by atoms with Crippen LogP contribution in [0.4, 0.5) is 0 Å². The number of hydrogen-bond donors (Lipinski definition) is 2. The van der Waals surface area contributed by atoms with Crippen molar-refractivity contribution in [3.63, 3.8) is 0 Å². The van der Waals surface area contributed by atoms with E-state index in [0.717, 1.165) is 17.1 Å². The highest BCUT2D eigenvalue weighted by Crippen LogP contribution is 2.40. The van der Waals surface area contributed by atoms with Gasteiger partial charge in [0.1, 0.15) is 6.04 Å². The Balaban J connectivity index is -0.000000563. The van der Waals surface area contributed by atoms with Crippen molar-refractivity contribution in [2.24, 2.45) is 17.6 Å². The Morgan fingerprint density at radius 1 is 1.24 bits per heavy atom.